The molecule has 1 fully saturated rings. The lowest BCUT2D eigenvalue weighted by Crippen LogP contribution is -2.09. The minimum Gasteiger partial charge on any atom is -0.496 e. The molecule has 19 heavy (non-hydrogen) atoms. The van der Waals surface area contributed by atoms with Crippen molar-refractivity contribution in [2.45, 2.75) is 33.1 Å². The lowest BCUT2D eigenvalue weighted by atomic mass is 9.93. The highest BCUT2D eigenvalue weighted by Gasteiger charge is 2.46. The molecule has 104 valence electrons. The van der Waals surface area contributed by atoms with E-state index in [9.17, 15) is 4.79 Å². The van der Waals surface area contributed by atoms with Crippen molar-refractivity contribution in [3.63, 3.8) is 0 Å². The van der Waals surface area contributed by atoms with E-state index in [2.05, 4.69) is 26.0 Å². The number of carboxylic acids is 1. The smallest absolute Gasteiger partial charge is 0.306 e. The molecule has 0 heterocycles. The minimum absolute atomic E-state index is 0.129. The summed E-state index contributed by atoms with van der Waals surface area (Å²) in [6, 6.07) is 6.29. The van der Waals surface area contributed by atoms with Gasteiger partial charge in [-0.25, -0.2) is 0 Å². The maximum atomic E-state index is 10.9. The summed E-state index contributed by atoms with van der Waals surface area (Å²) in [5.74, 6) is 0.854. The van der Waals surface area contributed by atoms with Crippen LogP contribution in [-0.4, -0.2) is 18.2 Å². The van der Waals surface area contributed by atoms with Crippen molar-refractivity contribution in [1.29, 1.82) is 0 Å². The van der Waals surface area contributed by atoms with Crippen LogP contribution in [0.4, 0.5) is 0 Å². The summed E-state index contributed by atoms with van der Waals surface area (Å²) in [4.78, 5) is 10.9. The Morgan fingerprint density at radius 1 is 1.53 bits per heavy atom. The molecule has 3 unspecified atom stereocenters. The summed E-state index contributed by atoms with van der Waals surface area (Å²) in [6.07, 6.45) is 2.73. The van der Waals surface area contributed by atoms with Crippen LogP contribution >= 0.6 is 0 Å². The molecule has 1 aliphatic carbocycles. The summed E-state index contributed by atoms with van der Waals surface area (Å²) < 4.78 is 5.40. The number of aliphatic carboxylic acids is 1. The second kappa shape index (κ2) is 5.64. The standard InChI is InChI=1S/C16H22O3/c1-4-11-5-6-15(19-3)12(8-11)7-10(2)13-9-14(13)16(17)18/h5-6,8,10,13-14H,4,7,9H2,1-3H3,(H,17,18). The molecular formula is C16H22O3. The van der Waals surface area contributed by atoms with Gasteiger partial charge in [0.15, 0.2) is 0 Å². The fraction of sp³-hybridized carbons (Fsp3) is 0.562. The van der Waals surface area contributed by atoms with Crippen LogP contribution in [0, 0.1) is 17.8 Å². The first-order chi connectivity index (χ1) is 9.06. The number of hydrogen-bond acceptors (Lipinski definition) is 2. The average Bonchev–Trinajstić information content (AvgIpc) is 3.19. The zero-order chi connectivity index (χ0) is 14.0. The highest BCUT2D eigenvalue weighted by molar-refractivity contribution is 5.73. The van der Waals surface area contributed by atoms with Crippen molar-refractivity contribution < 1.29 is 14.6 Å². The normalized spacial score (nSPS) is 22.9. The van der Waals surface area contributed by atoms with Gasteiger partial charge in [-0.15, -0.1) is 0 Å². The number of methoxy groups -OCH3 is 1. The summed E-state index contributed by atoms with van der Waals surface area (Å²) in [7, 11) is 1.69. The summed E-state index contributed by atoms with van der Waals surface area (Å²) in [5.41, 5.74) is 2.50. The number of rotatable bonds is 6. The third kappa shape index (κ3) is 3.09. The fourth-order valence-electron chi connectivity index (χ4n) is 2.84. The van der Waals surface area contributed by atoms with Crippen LogP contribution in [0.25, 0.3) is 0 Å². The lowest BCUT2D eigenvalue weighted by molar-refractivity contribution is -0.139. The first-order valence-electron chi connectivity index (χ1n) is 6.95. The molecule has 0 aromatic heterocycles. The Kier molecular flexibility index (Phi) is 4.13. The average molecular weight is 262 g/mol. The molecule has 0 saturated heterocycles. The molecule has 1 aliphatic rings. The molecule has 2 rings (SSSR count). The Balaban J connectivity index is 2.07. The van der Waals surface area contributed by atoms with Gasteiger partial charge >= 0.3 is 5.97 Å². The van der Waals surface area contributed by atoms with E-state index in [0.717, 1.165) is 25.0 Å². The SMILES string of the molecule is CCc1ccc(OC)c(CC(C)C2CC2C(=O)O)c1. The number of hydrogen-bond donors (Lipinski definition) is 1. The van der Waals surface area contributed by atoms with Gasteiger partial charge in [-0.1, -0.05) is 26.0 Å². The van der Waals surface area contributed by atoms with E-state index in [1.165, 1.54) is 11.1 Å². The predicted octanol–water partition coefficient (Wildman–Crippen LogP) is 3.16. The monoisotopic (exact) mass is 262 g/mol. The van der Waals surface area contributed by atoms with E-state index < -0.39 is 5.97 Å². The molecule has 3 heteroatoms. The van der Waals surface area contributed by atoms with Crippen LogP contribution in [0.2, 0.25) is 0 Å². The van der Waals surface area contributed by atoms with Crippen LogP contribution in [0.15, 0.2) is 18.2 Å². The van der Waals surface area contributed by atoms with Gasteiger partial charge in [0.25, 0.3) is 0 Å². The largest absolute Gasteiger partial charge is 0.496 e. The molecule has 0 radical (unpaired) electrons. The molecule has 3 nitrogen and oxygen atoms in total. The van der Waals surface area contributed by atoms with Crippen molar-refractivity contribution in [1.82, 2.24) is 0 Å². The third-order valence-corrected chi connectivity index (χ3v) is 4.18. The fourth-order valence-corrected chi connectivity index (χ4v) is 2.84. The Labute approximate surface area is 114 Å². The van der Waals surface area contributed by atoms with Crippen LogP contribution in [0.3, 0.4) is 0 Å². The van der Waals surface area contributed by atoms with Gasteiger partial charge in [0.2, 0.25) is 0 Å². The molecule has 1 aromatic rings. The first-order valence-corrected chi connectivity index (χ1v) is 6.95. The Morgan fingerprint density at radius 3 is 2.79 bits per heavy atom. The van der Waals surface area contributed by atoms with Gasteiger partial charge < -0.3 is 9.84 Å². The molecule has 1 aromatic carbocycles. The first kappa shape index (κ1) is 13.9. The van der Waals surface area contributed by atoms with Crippen LogP contribution in [0.1, 0.15) is 31.4 Å². The number of carboxylic acid groups (broad SMARTS) is 1. The van der Waals surface area contributed by atoms with Crippen molar-refractivity contribution >= 4 is 5.97 Å². The predicted molar refractivity (Wildman–Crippen MR) is 74.5 cm³/mol. The molecule has 0 bridgehead atoms. The Bertz CT molecular complexity index is 467. The molecule has 3 atom stereocenters. The van der Waals surface area contributed by atoms with E-state index in [1.54, 1.807) is 7.11 Å². The van der Waals surface area contributed by atoms with Crippen molar-refractivity contribution in [3.8, 4) is 5.75 Å². The lowest BCUT2D eigenvalue weighted by Gasteiger charge is -2.15. The number of benzene rings is 1. The Morgan fingerprint density at radius 2 is 2.26 bits per heavy atom. The maximum absolute atomic E-state index is 10.9. The molecule has 0 spiro atoms. The number of ether oxygens (including phenoxy) is 1. The Hall–Kier alpha value is -1.51. The molecule has 0 amide bonds. The summed E-state index contributed by atoms with van der Waals surface area (Å²) in [5, 5.41) is 9.00. The van der Waals surface area contributed by atoms with E-state index in [0.29, 0.717) is 11.8 Å². The number of carbonyl (C=O) groups is 1. The summed E-state index contributed by atoms with van der Waals surface area (Å²) in [6.45, 7) is 4.28. The van der Waals surface area contributed by atoms with Crippen molar-refractivity contribution in [2.24, 2.45) is 17.8 Å². The van der Waals surface area contributed by atoms with Crippen molar-refractivity contribution in [3.05, 3.63) is 29.3 Å². The van der Waals surface area contributed by atoms with Crippen LogP contribution < -0.4 is 4.74 Å². The van der Waals surface area contributed by atoms with Gasteiger partial charge in [-0.05, 0) is 48.3 Å². The van der Waals surface area contributed by atoms with Crippen LogP contribution in [-0.2, 0) is 17.6 Å². The second-order valence-corrected chi connectivity index (χ2v) is 5.53. The molecule has 1 N–H and O–H groups in total. The van der Waals surface area contributed by atoms with Gasteiger partial charge in [-0.2, -0.15) is 0 Å². The minimum atomic E-state index is -0.647. The van der Waals surface area contributed by atoms with Gasteiger partial charge in [0.1, 0.15) is 5.75 Å². The van der Waals surface area contributed by atoms with E-state index in [-0.39, 0.29) is 5.92 Å². The topological polar surface area (TPSA) is 46.5 Å². The van der Waals surface area contributed by atoms with Crippen LogP contribution in [0.5, 0.6) is 5.75 Å². The molecule has 1 saturated carbocycles. The summed E-state index contributed by atoms with van der Waals surface area (Å²) >= 11 is 0. The highest BCUT2D eigenvalue weighted by atomic mass is 16.5. The molecule has 0 aliphatic heterocycles. The second-order valence-electron chi connectivity index (χ2n) is 5.53. The third-order valence-electron chi connectivity index (χ3n) is 4.18. The zero-order valence-electron chi connectivity index (χ0n) is 11.8. The molecular weight excluding hydrogens is 240 g/mol. The van der Waals surface area contributed by atoms with Gasteiger partial charge in [-0.3, -0.25) is 4.79 Å². The van der Waals surface area contributed by atoms with E-state index >= 15 is 0 Å². The maximum Gasteiger partial charge on any atom is 0.306 e. The van der Waals surface area contributed by atoms with Gasteiger partial charge in [0.05, 0.1) is 13.0 Å². The van der Waals surface area contributed by atoms with E-state index in [1.807, 2.05) is 6.07 Å². The quantitative estimate of drug-likeness (QED) is 0.856. The van der Waals surface area contributed by atoms with Gasteiger partial charge in [0, 0.05) is 0 Å². The van der Waals surface area contributed by atoms with Crippen molar-refractivity contribution in [2.75, 3.05) is 7.11 Å². The number of aryl methyl sites for hydroxylation is 1. The zero-order valence-corrected chi connectivity index (χ0v) is 11.8. The highest BCUT2D eigenvalue weighted by Crippen LogP contribution is 2.46. The van der Waals surface area contributed by atoms with E-state index in [4.69, 9.17) is 9.84 Å².